The van der Waals surface area contributed by atoms with Gasteiger partial charge in [0.2, 0.25) is 5.95 Å². The van der Waals surface area contributed by atoms with Crippen molar-refractivity contribution >= 4 is 29.1 Å². The molecule has 3 aromatic rings. The Kier molecular flexibility index (Phi) is 5.78. The molecule has 0 spiro atoms. The van der Waals surface area contributed by atoms with Crippen LogP contribution in [0.1, 0.15) is 34.3 Å². The Morgan fingerprint density at radius 1 is 1.25 bits per heavy atom. The number of amides is 1. The van der Waals surface area contributed by atoms with E-state index in [1.807, 2.05) is 18.2 Å². The summed E-state index contributed by atoms with van der Waals surface area (Å²) in [5.41, 5.74) is 4.25. The molecule has 2 aromatic carbocycles. The summed E-state index contributed by atoms with van der Waals surface area (Å²) in [5, 5.41) is 13.2. The van der Waals surface area contributed by atoms with Gasteiger partial charge in [0.1, 0.15) is 0 Å². The summed E-state index contributed by atoms with van der Waals surface area (Å²) in [4.78, 5) is 23.8. The molecule has 1 amide bonds. The second-order valence-electron chi connectivity index (χ2n) is 7.92. The summed E-state index contributed by atoms with van der Waals surface area (Å²) in [6.07, 6.45) is 3.39. The molecule has 2 aliphatic rings. The Labute approximate surface area is 191 Å². The molecule has 8 heteroatoms. The molecule has 2 aliphatic heterocycles. The number of hydrogen-bond donors (Lipinski definition) is 2. The molecule has 3 heterocycles. The topological polar surface area (TPSA) is 87.6 Å². The highest BCUT2D eigenvalue weighted by atomic mass is 35.5. The number of nitrogens with zero attached hydrogens (tertiary/aromatic N) is 3. The quantitative estimate of drug-likeness (QED) is 0.615. The van der Waals surface area contributed by atoms with E-state index < -0.39 is 0 Å². The molecule has 0 atom stereocenters. The SMILES string of the molecule is O=C1c2cc(-c3nc(NC4CCOCC4)ncc3Cl)ccc2CN1c1[c]ccc(CO)c1. The highest BCUT2D eigenvalue weighted by molar-refractivity contribution is 6.33. The molecule has 1 saturated heterocycles. The predicted octanol–water partition coefficient (Wildman–Crippen LogP) is 3.84. The summed E-state index contributed by atoms with van der Waals surface area (Å²) >= 11 is 6.42. The van der Waals surface area contributed by atoms with E-state index in [1.54, 1.807) is 29.3 Å². The maximum absolute atomic E-state index is 13.1. The molecule has 7 nitrogen and oxygen atoms in total. The molecule has 1 fully saturated rings. The van der Waals surface area contributed by atoms with Gasteiger partial charge in [0, 0.05) is 36.4 Å². The molecule has 5 rings (SSSR count). The third kappa shape index (κ3) is 4.07. The summed E-state index contributed by atoms with van der Waals surface area (Å²) in [7, 11) is 0. The number of benzene rings is 2. The van der Waals surface area contributed by atoms with Gasteiger partial charge < -0.3 is 20.1 Å². The normalized spacial score (nSPS) is 16.3. The number of anilines is 2. The molecule has 1 aromatic heterocycles. The third-order valence-electron chi connectivity index (χ3n) is 5.81. The number of ether oxygens (including phenoxy) is 1. The second kappa shape index (κ2) is 8.86. The number of nitrogens with one attached hydrogen (secondary N) is 1. The molecule has 0 bridgehead atoms. The van der Waals surface area contributed by atoms with Gasteiger partial charge in [0.05, 0.1) is 35.8 Å². The van der Waals surface area contributed by atoms with Crippen LogP contribution in [0.15, 0.2) is 42.6 Å². The summed E-state index contributed by atoms with van der Waals surface area (Å²) < 4.78 is 5.40. The van der Waals surface area contributed by atoms with Gasteiger partial charge in [0.15, 0.2) is 0 Å². The zero-order valence-corrected chi connectivity index (χ0v) is 18.1. The van der Waals surface area contributed by atoms with Crippen LogP contribution in [0.3, 0.4) is 0 Å². The van der Waals surface area contributed by atoms with Crippen molar-refractivity contribution < 1.29 is 14.6 Å². The van der Waals surface area contributed by atoms with Gasteiger partial charge in [0.25, 0.3) is 5.91 Å². The smallest absolute Gasteiger partial charge is 0.258 e. The fourth-order valence-electron chi connectivity index (χ4n) is 4.06. The van der Waals surface area contributed by atoms with Crippen LogP contribution >= 0.6 is 11.6 Å². The van der Waals surface area contributed by atoms with Crippen molar-refractivity contribution in [1.82, 2.24) is 9.97 Å². The third-order valence-corrected chi connectivity index (χ3v) is 6.09. The largest absolute Gasteiger partial charge is 0.392 e. The van der Waals surface area contributed by atoms with E-state index in [0.717, 1.165) is 42.7 Å². The lowest BCUT2D eigenvalue weighted by atomic mass is 10.0. The van der Waals surface area contributed by atoms with Crippen molar-refractivity contribution in [2.75, 3.05) is 23.4 Å². The van der Waals surface area contributed by atoms with Crippen molar-refractivity contribution in [3.05, 3.63) is 70.4 Å². The van der Waals surface area contributed by atoms with E-state index in [-0.39, 0.29) is 18.6 Å². The zero-order chi connectivity index (χ0) is 22.1. The van der Waals surface area contributed by atoms with Gasteiger partial charge in [-0.25, -0.2) is 9.97 Å². The van der Waals surface area contributed by atoms with Gasteiger partial charge in [-0.1, -0.05) is 35.9 Å². The van der Waals surface area contributed by atoms with Gasteiger partial charge in [-0.3, -0.25) is 4.79 Å². The first-order valence-corrected chi connectivity index (χ1v) is 10.9. The highest BCUT2D eigenvalue weighted by Crippen LogP contribution is 2.33. The summed E-state index contributed by atoms with van der Waals surface area (Å²) in [6.45, 7) is 1.81. The Morgan fingerprint density at radius 2 is 2.09 bits per heavy atom. The molecular formula is C24H22ClN4O3. The Hall–Kier alpha value is -3.00. The number of carbonyl (C=O) groups excluding carboxylic acids is 1. The number of hydrogen-bond acceptors (Lipinski definition) is 6. The number of halogens is 1. The van der Waals surface area contributed by atoms with Crippen LogP contribution in [-0.4, -0.2) is 40.2 Å². The maximum atomic E-state index is 13.1. The average molecular weight is 450 g/mol. The summed E-state index contributed by atoms with van der Waals surface area (Å²) in [5.74, 6) is 0.402. The number of aliphatic hydroxyl groups is 1. The standard InChI is InChI=1S/C24H22ClN4O3/c25-21-12-26-24(27-18-6-8-32-9-7-18)28-22(21)16-4-5-17-13-29(23(31)20(17)11-16)19-3-1-2-15(10-19)14-30/h1-2,4-5,10-12,18,30H,6-9,13-14H2,(H,26,27,28). The summed E-state index contributed by atoms with van der Waals surface area (Å²) in [6, 6.07) is 14.3. The lowest BCUT2D eigenvalue weighted by molar-refractivity contribution is 0.0903. The first kappa shape index (κ1) is 20.9. The molecule has 0 unspecified atom stereocenters. The highest BCUT2D eigenvalue weighted by Gasteiger charge is 2.29. The zero-order valence-electron chi connectivity index (χ0n) is 17.3. The van der Waals surface area contributed by atoms with E-state index >= 15 is 0 Å². The maximum Gasteiger partial charge on any atom is 0.258 e. The molecular weight excluding hydrogens is 428 g/mol. The number of carbonyl (C=O) groups is 1. The second-order valence-corrected chi connectivity index (χ2v) is 8.33. The molecule has 2 N–H and O–H groups in total. The fraction of sp³-hybridized carbons (Fsp3) is 0.292. The van der Waals surface area contributed by atoms with Crippen molar-refractivity contribution in [3.8, 4) is 11.3 Å². The Balaban J connectivity index is 1.42. The van der Waals surface area contributed by atoms with Crippen molar-refractivity contribution in [1.29, 1.82) is 0 Å². The average Bonchev–Trinajstić information content (AvgIpc) is 3.17. The number of fused-ring (bicyclic) bond motifs is 1. The minimum atomic E-state index is -0.112. The van der Waals surface area contributed by atoms with E-state index in [4.69, 9.17) is 16.3 Å². The molecule has 0 saturated carbocycles. The van der Waals surface area contributed by atoms with Crippen LogP contribution in [0.5, 0.6) is 0 Å². The van der Waals surface area contributed by atoms with E-state index in [2.05, 4.69) is 21.4 Å². The fourth-order valence-corrected chi connectivity index (χ4v) is 4.26. The van der Waals surface area contributed by atoms with Gasteiger partial charge in [-0.2, -0.15) is 0 Å². The van der Waals surface area contributed by atoms with Crippen LogP contribution < -0.4 is 10.2 Å². The van der Waals surface area contributed by atoms with Crippen molar-refractivity contribution in [2.24, 2.45) is 0 Å². The number of rotatable bonds is 5. The van der Waals surface area contributed by atoms with Crippen LogP contribution in [0, 0.1) is 6.07 Å². The number of aliphatic hydroxyl groups excluding tert-OH is 1. The van der Waals surface area contributed by atoms with Crippen molar-refractivity contribution in [2.45, 2.75) is 32.0 Å². The van der Waals surface area contributed by atoms with Crippen LogP contribution in [0.25, 0.3) is 11.3 Å². The van der Waals surface area contributed by atoms with Crippen LogP contribution in [-0.2, 0) is 17.9 Å². The van der Waals surface area contributed by atoms with Gasteiger partial charge in [-0.05, 0) is 36.1 Å². The minimum Gasteiger partial charge on any atom is -0.392 e. The van der Waals surface area contributed by atoms with E-state index in [1.165, 1.54) is 0 Å². The number of aromatic nitrogens is 2. The minimum absolute atomic E-state index is 0.0860. The van der Waals surface area contributed by atoms with Crippen LogP contribution in [0.4, 0.5) is 11.6 Å². The molecule has 32 heavy (non-hydrogen) atoms. The first-order chi connectivity index (χ1) is 15.6. The molecule has 1 radical (unpaired) electrons. The van der Waals surface area contributed by atoms with Gasteiger partial charge in [-0.15, -0.1) is 0 Å². The van der Waals surface area contributed by atoms with Crippen molar-refractivity contribution in [3.63, 3.8) is 0 Å². The van der Waals surface area contributed by atoms with E-state index in [0.29, 0.717) is 34.5 Å². The van der Waals surface area contributed by atoms with Gasteiger partial charge >= 0.3 is 0 Å². The predicted molar refractivity (Wildman–Crippen MR) is 122 cm³/mol. The monoisotopic (exact) mass is 449 g/mol. The van der Waals surface area contributed by atoms with Crippen LogP contribution in [0.2, 0.25) is 5.02 Å². The lowest BCUT2D eigenvalue weighted by Gasteiger charge is -2.23. The molecule has 163 valence electrons. The molecule has 0 aliphatic carbocycles. The first-order valence-electron chi connectivity index (χ1n) is 10.6. The lowest BCUT2D eigenvalue weighted by Crippen LogP contribution is -2.28. The van der Waals surface area contributed by atoms with E-state index in [9.17, 15) is 9.90 Å². The Morgan fingerprint density at radius 3 is 2.91 bits per heavy atom. The Bertz CT molecular complexity index is 1160.